The second kappa shape index (κ2) is 10.9. The Morgan fingerprint density at radius 3 is 2.51 bits per heavy atom. The highest BCUT2D eigenvalue weighted by Crippen LogP contribution is 2.30. The molecule has 2 aromatic heterocycles. The van der Waals surface area contributed by atoms with E-state index in [0.29, 0.717) is 5.56 Å². The fourth-order valence-corrected chi connectivity index (χ4v) is 5.34. The summed E-state index contributed by atoms with van der Waals surface area (Å²) in [6, 6.07) is 9.41. The van der Waals surface area contributed by atoms with E-state index in [0.717, 1.165) is 22.0 Å². The van der Waals surface area contributed by atoms with Crippen LogP contribution in [0.1, 0.15) is 24.2 Å². The number of aromatic nitrogens is 2. The number of pyridine rings is 2. The van der Waals surface area contributed by atoms with Crippen molar-refractivity contribution in [3.8, 4) is 17.0 Å². The van der Waals surface area contributed by atoms with Crippen LogP contribution in [0.25, 0.3) is 11.1 Å². The zero-order chi connectivity index (χ0) is 26.7. The van der Waals surface area contributed by atoms with Crippen molar-refractivity contribution >= 4 is 15.9 Å². The predicted octanol–water partition coefficient (Wildman–Crippen LogP) is 2.82. The summed E-state index contributed by atoms with van der Waals surface area (Å²) >= 11 is 0. The average Bonchev–Trinajstić information content (AvgIpc) is 2.90. The lowest BCUT2D eigenvalue weighted by molar-refractivity contribution is 0.0373. The number of hydrogen-bond acceptors (Lipinski definition) is 7. The van der Waals surface area contributed by atoms with Crippen LogP contribution in [-0.2, 0) is 10.0 Å². The summed E-state index contributed by atoms with van der Waals surface area (Å²) in [6.07, 6.45) is 4.20. The number of hydrogen-bond donors (Lipinski definition) is 1. The van der Waals surface area contributed by atoms with Gasteiger partial charge in [-0.3, -0.25) is 9.78 Å². The third-order valence-electron chi connectivity index (χ3n) is 6.49. The topological polar surface area (TPSA) is 113 Å². The van der Waals surface area contributed by atoms with Crippen molar-refractivity contribution in [1.82, 2.24) is 19.2 Å². The lowest BCUT2D eigenvalue weighted by atomic mass is 9.99. The van der Waals surface area contributed by atoms with E-state index in [9.17, 15) is 22.7 Å². The quantitative estimate of drug-likeness (QED) is 0.502. The van der Waals surface area contributed by atoms with E-state index in [2.05, 4.69) is 9.97 Å². The van der Waals surface area contributed by atoms with Crippen LogP contribution in [0.15, 0.2) is 66.0 Å². The predicted molar refractivity (Wildman–Crippen MR) is 135 cm³/mol. The number of halogens is 1. The van der Waals surface area contributed by atoms with E-state index in [4.69, 9.17) is 4.74 Å². The lowest BCUT2D eigenvalue weighted by Gasteiger charge is -2.37. The minimum atomic E-state index is -3.93. The summed E-state index contributed by atoms with van der Waals surface area (Å²) < 4.78 is 46.9. The van der Waals surface area contributed by atoms with Gasteiger partial charge in [0.05, 0.1) is 24.1 Å². The molecule has 9 nitrogen and oxygen atoms in total. The number of likely N-dealkylation sites (N-methyl/N-ethyl adjacent to an activating group) is 1. The number of benzene rings is 1. The second-order valence-electron chi connectivity index (χ2n) is 9.17. The molecule has 1 amide bonds. The maximum atomic E-state index is 13.6. The smallest absolute Gasteiger partial charge is 0.259 e. The van der Waals surface area contributed by atoms with Crippen LogP contribution in [0, 0.1) is 11.7 Å². The Kier molecular flexibility index (Phi) is 7.86. The number of ether oxygens (including phenoxy) is 1. The zero-order valence-electron chi connectivity index (χ0n) is 20.8. The molecule has 0 fully saturated rings. The Labute approximate surface area is 215 Å². The fourth-order valence-electron chi connectivity index (χ4n) is 4.16. The first-order valence-corrected chi connectivity index (χ1v) is 13.3. The summed E-state index contributed by atoms with van der Waals surface area (Å²) in [5, 5.41) is 9.84. The largest absolute Gasteiger partial charge is 0.472 e. The molecule has 0 saturated carbocycles. The first-order valence-electron chi connectivity index (χ1n) is 11.8. The van der Waals surface area contributed by atoms with E-state index in [1.807, 2.05) is 6.92 Å². The Bertz CT molecular complexity index is 1360. The average molecular weight is 529 g/mol. The van der Waals surface area contributed by atoms with Gasteiger partial charge in [-0.2, -0.15) is 4.31 Å². The molecule has 3 aromatic rings. The summed E-state index contributed by atoms with van der Waals surface area (Å²) in [5.74, 6) is -1.09. The zero-order valence-corrected chi connectivity index (χ0v) is 21.6. The Balaban J connectivity index is 1.70. The van der Waals surface area contributed by atoms with Crippen LogP contribution in [-0.4, -0.2) is 77.5 Å². The standard InChI is InChI=1S/C26H29FN4O5S/c1-17-14-31(18(2)16-32)26(33)23-12-20(19-8-10-28-11-9-19)13-29-25(23)36-24(17)15-30(3)37(34,35)22-6-4-21(27)5-7-22/h4-13,17-18,24,32H,14-16H2,1-3H3/t17-,18-,24+/m1/s1. The van der Waals surface area contributed by atoms with Crippen LogP contribution < -0.4 is 4.74 Å². The molecular formula is C26H29FN4O5S. The summed E-state index contributed by atoms with van der Waals surface area (Å²) in [5.41, 5.74) is 1.73. The monoisotopic (exact) mass is 528 g/mol. The molecule has 196 valence electrons. The maximum absolute atomic E-state index is 13.6. The molecule has 0 spiro atoms. The minimum absolute atomic E-state index is 0.0381. The first kappa shape index (κ1) is 26.6. The van der Waals surface area contributed by atoms with E-state index in [1.54, 1.807) is 48.6 Å². The number of nitrogens with zero attached hydrogens (tertiary/aromatic N) is 4. The van der Waals surface area contributed by atoms with Gasteiger partial charge >= 0.3 is 0 Å². The normalized spacial score (nSPS) is 19.1. The van der Waals surface area contributed by atoms with Gasteiger partial charge in [-0.05, 0) is 55.0 Å². The van der Waals surface area contributed by atoms with Crippen molar-refractivity contribution in [3.05, 3.63) is 72.4 Å². The summed E-state index contributed by atoms with van der Waals surface area (Å²) in [7, 11) is -2.50. The van der Waals surface area contributed by atoms with Crippen LogP contribution in [0.4, 0.5) is 4.39 Å². The molecule has 37 heavy (non-hydrogen) atoms. The number of amides is 1. The molecule has 3 atom stereocenters. The van der Waals surface area contributed by atoms with Crippen LogP contribution in [0.3, 0.4) is 0 Å². The number of rotatable bonds is 7. The fraction of sp³-hybridized carbons (Fsp3) is 0.346. The third-order valence-corrected chi connectivity index (χ3v) is 8.33. The number of sulfonamides is 1. The molecule has 3 heterocycles. The van der Waals surface area contributed by atoms with Crippen LogP contribution >= 0.6 is 0 Å². The number of carbonyl (C=O) groups excluding carboxylic acids is 1. The van der Waals surface area contributed by atoms with Gasteiger partial charge in [0.1, 0.15) is 17.5 Å². The van der Waals surface area contributed by atoms with Gasteiger partial charge in [0, 0.05) is 43.7 Å². The van der Waals surface area contributed by atoms with E-state index >= 15 is 0 Å². The first-order chi connectivity index (χ1) is 17.6. The molecule has 4 rings (SSSR count). The molecule has 0 bridgehead atoms. The Morgan fingerprint density at radius 2 is 1.86 bits per heavy atom. The summed E-state index contributed by atoms with van der Waals surface area (Å²) in [6.45, 7) is 3.55. The highest BCUT2D eigenvalue weighted by atomic mass is 32.2. The van der Waals surface area contributed by atoms with Crippen molar-refractivity contribution in [2.24, 2.45) is 5.92 Å². The van der Waals surface area contributed by atoms with E-state index in [1.165, 1.54) is 19.2 Å². The number of fused-ring (bicyclic) bond motifs is 1. The van der Waals surface area contributed by atoms with Gasteiger partial charge < -0.3 is 14.7 Å². The molecule has 0 radical (unpaired) electrons. The second-order valence-corrected chi connectivity index (χ2v) is 11.2. The third kappa shape index (κ3) is 5.63. The highest BCUT2D eigenvalue weighted by Gasteiger charge is 2.36. The molecule has 11 heteroatoms. The molecule has 0 unspecified atom stereocenters. The number of aliphatic hydroxyl groups excluding tert-OH is 1. The highest BCUT2D eigenvalue weighted by molar-refractivity contribution is 7.89. The molecule has 1 N–H and O–H groups in total. The minimum Gasteiger partial charge on any atom is -0.472 e. The van der Waals surface area contributed by atoms with Gasteiger partial charge in [-0.25, -0.2) is 17.8 Å². The van der Waals surface area contributed by atoms with Crippen molar-refractivity contribution in [1.29, 1.82) is 0 Å². The van der Waals surface area contributed by atoms with Crippen molar-refractivity contribution in [3.63, 3.8) is 0 Å². The number of carbonyl (C=O) groups is 1. The maximum Gasteiger partial charge on any atom is 0.259 e. The van der Waals surface area contributed by atoms with Crippen LogP contribution in [0.2, 0.25) is 0 Å². The Morgan fingerprint density at radius 1 is 1.19 bits per heavy atom. The van der Waals surface area contributed by atoms with Gasteiger partial charge in [0.15, 0.2) is 0 Å². The van der Waals surface area contributed by atoms with Gasteiger partial charge in [0.2, 0.25) is 15.9 Å². The van der Waals surface area contributed by atoms with Crippen molar-refractivity contribution < 1.29 is 27.4 Å². The van der Waals surface area contributed by atoms with Crippen molar-refractivity contribution in [2.75, 3.05) is 26.7 Å². The SMILES string of the molecule is C[C@@H]1CN([C@H](C)CO)C(=O)c2cc(-c3ccncc3)cnc2O[C@H]1CN(C)S(=O)(=O)c1ccc(F)cc1. The number of aliphatic hydroxyl groups is 1. The van der Waals surface area contributed by atoms with Gasteiger partial charge in [-0.15, -0.1) is 0 Å². The molecule has 1 aliphatic heterocycles. The summed E-state index contributed by atoms with van der Waals surface area (Å²) in [4.78, 5) is 23.5. The van der Waals surface area contributed by atoms with Gasteiger partial charge in [0.25, 0.3) is 5.91 Å². The molecule has 1 aromatic carbocycles. The van der Waals surface area contributed by atoms with Crippen molar-refractivity contribution in [2.45, 2.75) is 30.9 Å². The molecular weight excluding hydrogens is 499 g/mol. The molecule has 1 aliphatic rings. The van der Waals surface area contributed by atoms with Gasteiger partial charge in [-0.1, -0.05) is 6.92 Å². The van der Waals surface area contributed by atoms with Crippen LogP contribution in [0.5, 0.6) is 5.88 Å². The molecule has 0 aliphatic carbocycles. The molecule has 0 saturated heterocycles. The van der Waals surface area contributed by atoms with E-state index < -0.39 is 28.0 Å². The lowest BCUT2D eigenvalue weighted by Crippen LogP contribution is -2.50. The van der Waals surface area contributed by atoms with E-state index in [-0.39, 0.29) is 47.9 Å². The Hall–Kier alpha value is -3.41.